The first kappa shape index (κ1) is 23.9. The van der Waals surface area contributed by atoms with Gasteiger partial charge in [0.1, 0.15) is 12.3 Å². The van der Waals surface area contributed by atoms with Gasteiger partial charge in [-0.15, -0.1) is 11.8 Å². The molecule has 3 amide bonds. The van der Waals surface area contributed by atoms with Crippen LogP contribution in [-0.2, 0) is 30.3 Å². The molecule has 0 radical (unpaired) electrons. The third-order valence-electron chi connectivity index (χ3n) is 3.97. The number of nitrogens with zero attached hydrogens (tertiary/aromatic N) is 1. The van der Waals surface area contributed by atoms with Crippen LogP contribution in [0.3, 0.4) is 0 Å². The van der Waals surface area contributed by atoms with Crippen LogP contribution in [0.1, 0.15) is 18.2 Å². The summed E-state index contributed by atoms with van der Waals surface area (Å²) in [6.45, 7) is 3.23. The quantitative estimate of drug-likeness (QED) is 0.465. The number of esters is 1. The van der Waals surface area contributed by atoms with E-state index >= 15 is 0 Å². The smallest absolute Gasteiger partial charge is 0.325 e. The Balaban J connectivity index is 1.73. The number of thioether (sulfide) groups is 1. The first-order valence-electron chi connectivity index (χ1n) is 9.35. The summed E-state index contributed by atoms with van der Waals surface area (Å²) in [4.78, 5) is 47.1. The lowest BCUT2D eigenvalue weighted by Gasteiger charge is -2.11. The van der Waals surface area contributed by atoms with Crippen LogP contribution in [0, 0.1) is 6.92 Å². The minimum atomic E-state index is -0.524. The number of hydrogen-bond donors (Lipinski definition) is 3. The average Bonchev–Trinajstić information content (AvgIpc) is 3.16. The molecule has 0 aliphatic heterocycles. The Kier molecular flexibility index (Phi) is 9.07. The molecule has 0 fully saturated rings. The number of amides is 3. The van der Waals surface area contributed by atoms with Gasteiger partial charge in [-0.3, -0.25) is 19.2 Å². The second-order valence-electron chi connectivity index (χ2n) is 6.54. The van der Waals surface area contributed by atoms with Crippen molar-refractivity contribution in [3.8, 4) is 0 Å². The third kappa shape index (κ3) is 8.51. The van der Waals surface area contributed by atoms with Crippen molar-refractivity contribution >= 4 is 47.0 Å². The van der Waals surface area contributed by atoms with Crippen molar-refractivity contribution < 1.29 is 28.4 Å². The van der Waals surface area contributed by atoms with Crippen molar-refractivity contribution in [2.75, 3.05) is 30.0 Å². The number of nitrogens with one attached hydrogen (secondary N) is 3. The van der Waals surface area contributed by atoms with Crippen LogP contribution < -0.4 is 16.0 Å². The fourth-order valence-corrected chi connectivity index (χ4v) is 3.01. The molecule has 0 aliphatic rings. The zero-order valence-electron chi connectivity index (χ0n) is 17.4. The van der Waals surface area contributed by atoms with Crippen LogP contribution in [0.5, 0.6) is 0 Å². The number of aromatic nitrogens is 1. The average molecular weight is 449 g/mol. The maximum Gasteiger partial charge on any atom is 0.325 e. The second kappa shape index (κ2) is 11.7. The van der Waals surface area contributed by atoms with E-state index in [-0.39, 0.29) is 36.4 Å². The molecule has 11 heteroatoms. The van der Waals surface area contributed by atoms with Crippen molar-refractivity contribution in [3.05, 3.63) is 41.7 Å². The van der Waals surface area contributed by atoms with Gasteiger partial charge < -0.3 is 25.2 Å². The minimum Gasteiger partial charge on any atom is -0.468 e. The predicted molar refractivity (Wildman–Crippen MR) is 116 cm³/mol. The molecule has 1 heterocycles. The lowest BCUT2D eigenvalue weighted by atomic mass is 10.1. The van der Waals surface area contributed by atoms with Gasteiger partial charge in [0.2, 0.25) is 17.7 Å². The van der Waals surface area contributed by atoms with E-state index in [2.05, 4.69) is 25.8 Å². The number of carbonyl (C=O) groups excluding carboxylic acids is 4. The molecule has 1 unspecified atom stereocenters. The minimum absolute atomic E-state index is 0.0874. The summed E-state index contributed by atoms with van der Waals surface area (Å²) in [6, 6.07) is 8.37. The van der Waals surface area contributed by atoms with Gasteiger partial charge in [-0.05, 0) is 31.5 Å². The first-order chi connectivity index (χ1) is 14.8. The molecule has 1 atom stereocenters. The van der Waals surface area contributed by atoms with E-state index < -0.39 is 11.2 Å². The zero-order chi connectivity index (χ0) is 22.8. The maximum absolute atomic E-state index is 12.1. The summed E-state index contributed by atoms with van der Waals surface area (Å²) in [5.41, 5.74) is 1.29. The molecule has 0 spiro atoms. The fourth-order valence-electron chi connectivity index (χ4n) is 2.32. The van der Waals surface area contributed by atoms with Gasteiger partial charge >= 0.3 is 5.97 Å². The topological polar surface area (TPSA) is 140 Å². The van der Waals surface area contributed by atoms with Crippen LogP contribution in [-0.4, -0.2) is 53.5 Å². The molecule has 0 bridgehead atoms. The molecule has 166 valence electrons. The highest BCUT2D eigenvalue weighted by molar-refractivity contribution is 8.01. The number of hydrogen-bond acceptors (Lipinski definition) is 8. The van der Waals surface area contributed by atoms with Gasteiger partial charge in [0, 0.05) is 11.8 Å². The van der Waals surface area contributed by atoms with Crippen LogP contribution in [0.4, 0.5) is 11.5 Å². The number of ether oxygens (including phenoxy) is 1. The second-order valence-corrected chi connectivity index (χ2v) is 7.87. The molecule has 3 N–H and O–H groups in total. The number of anilines is 2. The van der Waals surface area contributed by atoms with E-state index in [0.29, 0.717) is 17.3 Å². The van der Waals surface area contributed by atoms with Gasteiger partial charge in [-0.1, -0.05) is 17.3 Å². The van der Waals surface area contributed by atoms with Crippen LogP contribution >= 0.6 is 11.8 Å². The van der Waals surface area contributed by atoms with Crippen molar-refractivity contribution in [1.82, 2.24) is 10.5 Å². The summed E-state index contributed by atoms with van der Waals surface area (Å²) in [5.74, 6) is -0.368. The van der Waals surface area contributed by atoms with Crippen molar-refractivity contribution in [3.63, 3.8) is 0 Å². The van der Waals surface area contributed by atoms with E-state index in [1.807, 2.05) is 0 Å². The fraction of sp³-hybridized carbons (Fsp3) is 0.350. The van der Waals surface area contributed by atoms with Crippen molar-refractivity contribution in [2.24, 2.45) is 0 Å². The Morgan fingerprint density at radius 3 is 2.45 bits per heavy atom. The Labute approximate surface area is 183 Å². The molecule has 0 saturated carbocycles. The summed E-state index contributed by atoms with van der Waals surface area (Å²) >= 11 is 1.19. The number of benzene rings is 1. The van der Waals surface area contributed by atoms with E-state index in [1.165, 1.54) is 18.9 Å². The number of carbonyl (C=O) groups is 4. The standard InChI is InChI=1S/C20H24N4O6S/c1-12-8-16(24-30-12)23-20(28)13(2)31-11-18(26)22-15-6-4-14(5-7-15)9-17(25)21-10-19(27)29-3/h4-8,13H,9-11H2,1-3H3,(H,21,25)(H,22,26)(H,23,24,28). The maximum atomic E-state index is 12.1. The number of rotatable bonds is 10. The number of methoxy groups -OCH3 is 1. The summed E-state index contributed by atoms with van der Waals surface area (Å²) in [5, 5.41) is 11.0. The molecule has 0 saturated heterocycles. The summed E-state index contributed by atoms with van der Waals surface area (Å²) in [7, 11) is 1.25. The molecule has 1 aromatic carbocycles. The van der Waals surface area contributed by atoms with Crippen LogP contribution in [0.25, 0.3) is 0 Å². The van der Waals surface area contributed by atoms with E-state index in [9.17, 15) is 19.2 Å². The molecule has 2 rings (SSSR count). The molecule has 10 nitrogen and oxygen atoms in total. The molecule has 0 aliphatic carbocycles. The van der Waals surface area contributed by atoms with Gasteiger partial charge in [0.25, 0.3) is 0 Å². The summed E-state index contributed by atoms with van der Waals surface area (Å²) < 4.78 is 9.34. The van der Waals surface area contributed by atoms with Gasteiger partial charge in [0.05, 0.1) is 24.5 Å². The molecule has 1 aromatic heterocycles. The Morgan fingerprint density at radius 2 is 1.84 bits per heavy atom. The van der Waals surface area contributed by atoms with Crippen molar-refractivity contribution in [2.45, 2.75) is 25.5 Å². The van der Waals surface area contributed by atoms with E-state index in [4.69, 9.17) is 4.52 Å². The lowest BCUT2D eigenvalue weighted by molar-refractivity contribution is -0.141. The Bertz CT molecular complexity index is 928. The first-order valence-corrected chi connectivity index (χ1v) is 10.4. The third-order valence-corrected chi connectivity index (χ3v) is 5.12. The van der Waals surface area contributed by atoms with Gasteiger partial charge in [-0.2, -0.15) is 0 Å². The lowest BCUT2D eigenvalue weighted by Crippen LogP contribution is -2.31. The van der Waals surface area contributed by atoms with E-state index in [0.717, 1.165) is 5.56 Å². The normalized spacial score (nSPS) is 11.3. The van der Waals surface area contributed by atoms with Crippen LogP contribution in [0.15, 0.2) is 34.9 Å². The SMILES string of the molecule is COC(=O)CNC(=O)Cc1ccc(NC(=O)CSC(C)C(=O)Nc2cc(C)on2)cc1. The highest BCUT2D eigenvalue weighted by Crippen LogP contribution is 2.16. The molecular formula is C20H24N4O6S. The van der Waals surface area contributed by atoms with Gasteiger partial charge in [-0.25, -0.2) is 0 Å². The Morgan fingerprint density at radius 1 is 1.13 bits per heavy atom. The highest BCUT2D eigenvalue weighted by atomic mass is 32.2. The molecular weight excluding hydrogens is 424 g/mol. The van der Waals surface area contributed by atoms with Crippen LogP contribution in [0.2, 0.25) is 0 Å². The monoisotopic (exact) mass is 448 g/mol. The summed E-state index contributed by atoms with van der Waals surface area (Å²) in [6.07, 6.45) is 0.0960. The molecule has 31 heavy (non-hydrogen) atoms. The van der Waals surface area contributed by atoms with Crippen molar-refractivity contribution in [1.29, 1.82) is 0 Å². The van der Waals surface area contributed by atoms with E-state index in [1.54, 1.807) is 44.2 Å². The number of aryl methyl sites for hydroxylation is 1. The molecule has 2 aromatic rings. The Hall–Kier alpha value is -3.34. The highest BCUT2D eigenvalue weighted by Gasteiger charge is 2.17. The predicted octanol–water partition coefficient (Wildman–Crippen LogP) is 1.51. The largest absolute Gasteiger partial charge is 0.468 e. The van der Waals surface area contributed by atoms with Gasteiger partial charge in [0.15, 0.2) is 5.82 Å². The zero-order valence-corrected chi connectivity index (χ0v) is 18.2.